The van der Waals surface area contributed by atoms with Crippen molar-refractivity contribution in [3.63, 3.8) is 0 Å². The summed E-state index contributed by atoms with van der Waals surface area (Å²) in [6.07, 6.45) is 8.16. The SMILES string of the molecule is C=CCNC(=O)C1(Cc2cccc(-c3ccccc3)c2)CCN(Cc2cnn(C)c2)CC1. The first-order chi connectivity index (χ1) is 15.6. The van der Waals surface area contributed by atoms with Crippen molar-refractivity contribution in [3.8, 4) is 11.1 Å². The lowest BCUT2D eigenvalue weighted by Gasteiger charge is -2.41. The predicted molar refractivity (Wildman–Crippen MR) is 129 cm³/mol. The van der Waals surface area contributed by atoms with Crippen LogP contribution in [0.15, 0.2) is 79.6 Å². The predicted octanol–water partition coefficient (Wildman–Crippen LogP) is 4.21. The number of piperidine rings is 1. The topological polar surface area (TPSA) is 50.2 Å². The standard InChI is InChI=1S/C27H32N4O/c1-3-14-28-26(32)27(12-15-31(16-13-27)21-23-19-29-30(2)20-23)18-22-8-7-11-25(17-22)24-9-5-4-6-10-24/h3-11,17,19-20H,1,12-16,18,21H2,2H3,(H,28,32). The van der Waals surface area contributed by atoms with E-state index in [-0.39, 0.29) is 5.91 Å². The highest BCUT2D eigenvalue weighted by Crippen LogP contribution is 2.37. The number of aromatic nitrogens is 2. The van der Waals surface area contributed by atoms with E-state index in [4.69, 9.17) is 0 Å². The van der Waals surface area contributed by atoms with Crippen LogP contribution in [0.1, 0.15) is 24.0 Å². The number of carbonyl (C=O) groups excluding carboxylic acids is 1. The highest BCUT2D eigenvalue weighted by molar-refractivity contribution is 5.83. The fourth-order valence-corrected chi connectivity index (χ4v) is 4.67. The molecule has 1 fully saturated rings. The molecule has 3 aromatic rings. The third-order valence-corrected chi connectivity index (χ3v) is 6.44. The van der Waals surface area contributed by atoms with Crippen molar-refractivity contribution in [3.05, 3.63) is 90.8 Å². The molecule has 32 heavy (non-hydrogen) atoms. The summed E-state index contributed by atoms with van der Waals surface area (Å²) in [4.78, 5) is 15.7. The van der Waals surface area contributed by atoms with Gasteiger partial charge in [0.25, 0.3) is 0 Å². The normalized spacial score (nSPS) is 15.9. The summed E-state index contributed by atoms with van der Waals surface area (Å²) < 4.78 is 1.84. The first-order valence-corrected chi connectivity index (χ1v) is 11.3. The van der Waals surface area contributed by atoms with Crippen LogP contribution in [0.25, 0.3) is 11.1 Å². The Balaban J connectivity index is 1.51. The zero-order valence-electron chi connectivity index (χ0n) is 18.8. The van der Waals surface area contributed by atoms with Crippen LogP contribution in [-0.2, 0) is 24.8 Å². The van der Waals surface area contributed by atoms with Crippen molar-refractivity contribution in [1.29, 1.82) is 0 Å². The number of likely N-dealkylation sites (tertiary alicyclic amines) is 1. The minimum absolute atomic E-state index is 0.142. The molecular formula is C27H32N4O. The summed E-state index contributed by atoms with van der Waals surface area (Å²) in [5, 5.41) is 7.37. The number of hydrogen-bond acceptors (Lipinski definition) is 3. The number of aryl methyl sites for hydroxylation is 1. The molecule has 0 atom stereocenters. The Bertz CT molecular complexity index is 1050. The third kappa shape index (κ3) is 5.17. The van der Waals surface area contributed by atoms with Gasteiger partial charge in [-0.3, -0.25) is 14.4 Å². The number of nitrogens with one attached hydrogen (secondary N) is 1. The molecule has 0 unspecified atom stereocenters. The summed E-state index contributed by atoms with van der Waals surface area (Å²) >= 11 is 0. The minimum Gasteiger partial charge on any atom is -0.352 e. The van der Waals surface area contributed by atoms with E-state index < -0.39 is 5.41 Å². The van der Waals surface area contributed by atoms with Crippen molar-refractivity contribution < 1.29 is 4.79 Å². The number of carbonyl (C=O) groups is 1. The van der Waals surface area contributed by atoms with E-state index in [1.807, 2.05) is 24.0 Å². The molecule has 166 valence electrons. The molecule has 5 heteroatoms. The smallest absolute Gasteiger partial charge is 0.226 e. The molecule has 4 rings (SSSR count). The van der Waals surface area contributed by atoms with E-state index >= 15 is 0 Å². The largest absolute Gasteiger partial charge is 0.352 e. The van der Waals surface area contributed by atoms with Crippen LogP contribution >= 0.6 is 0 Å². The second-order valence-corrected chi connectivity index (χ2v) is 8.82. The summed E-state index contributed by atoms with van der Waals surface area (Å²) in [7, 11) is 1.94. The summed E-state index contributed by atoms with van der Waals surface area (Å²) in [6, 6.07) is 19.0. The van der Waals surface area contributed by atoms with Crippen LogP contribution in [0.5, 0.6) is 0 Å². The summed E-state index contributed by atoms with van der Waals surface area (Å²) in [5.41, 5.74) is 4.42. The highest BCUT2D eigenvalue weighted by Gasteiger charge is 2.41. The van der Waals surface area contributed by atoms with Gasteiger partial charge in [-0.15, -0.1) is 6.58 Å². The molecule has 0 saturated carbocycles. The van der Waals surface area contributed by atoms with Gasteiger partial charge >= 0.3 is 0 Å². The molecule has 0 spiro atoms. The Morgan fingerprint density at radius 2 is 1.84 bits per heavy atom. The maximum Gasteiger partial charge on any atom is 0.226 e. The maximum absolute atomic E-state index is 13.3. The molecule has 2 aromatic carbocycles. The maximum atomic E-state index is 13.3. The Hall–Kier alpha value is -3.18. The first kappa shape index (κ1) is 22.0. The van der Waals surface area contributed by atoms with Gasteiger partial charge in [-0.05, 0) is 49.0 Å². The lowest BCUT2D eigenvalue weighted by atomic mass is 9.72. The molecule has 5 nitrogen and oxygen atoms in total. The van der Waals surface area contributed by atoms with Crippen molar-refractivity contribution >= 4 is 5.91 Å². The molecular weight excluding hydrogens is 396 g/mol. The highest BCUT2D eigenvalue weighted by atomic mass is 16.2. The fourth-order valence-electron chi connectivity index (χ4n) is 4.67. The van der Waals surface area contributed by atoms with Crippen LogP contribution in [0.3, 0.4) is 0 Å². The quantitative estimate of drug-likeness (QED) is 0.547. The van der Waals surface area contributed by atoms with Crippen molar-refractivity contribution in [2.75, 3.05) is 19.6 Å². The van der Waals surface area contributed by atoms with Crippen molar-refractivity contribution in [2.45, 2.75) is 25.8 Å². The first-order valence-electron chi connectivity index (χ1n) is 11.3. The zero-order chi connectivity index (χ0) is 22.4. The summed E-state index contributed by atoms with van der Waals surface area (Å²) in [6.45, 7) is 6.94. The summed E-state index contributed by atoms with van der Waals surface area (Å²) in [5.74, 6) is 0.142. The number of rotatable bonds is 8. The van der Waals surface area contributed by atoms with Gasteiger partial charge in [-0.2, -0.15) is 5.10 Å². The Morgan fingerprint density at radius 3 is 2.53 bits per heavy atom. The number of amides is 1. The average molecular weight is 429 g/mol. The van der Waals surface area contributed by atoms with Crippen molar-refractivity contribution in [1.82, 2.24) is 20.0 Å². The number of hydrogen-bond donors (Lipinski definition) is 1. The molecule has 0 bridgehead atoms. The van der Waals surface area contributed by atoms with Gasteiger partial charge in [0.2, 0.25) is 5.91 Å². The van der Waals surface area contributed by atoms with Crippen LogP contribution in [0, 0.1) is 5.41 Å². The Kier molecular flexibility index (Phi) is 6.86. The van der Waals surface area contributed by atoms with E-state index in [0.29, 0.717) is 6.54 Å². The molecule has 2 heterocycles. The van der Waals surface area contributed by atoms with Gasteiger partial charge in [-0.1, -0.05) is 60.7 Å². The van der Waals surface area contributed by atoms with Gasteiger partial charge in [0.05, 0.1) is 11.6 Å². The third-order valence-electron chi connectivity index (χ3n) is 6.44. The molecule has 1 aliphatic heterocycles. The molecule has 1 N–H and O–H groups in total. The fraction of sp³-hybridized carbons (Fsp3) is 0.333. The minimum atomic E-state index is -0.399. The number of nitrogens with zero attached hydrogens (tertiary/aromatic N) is 3. The molecule has 0 radical (unpaired) electrons. The Labute approximate surface area is 190 Å². The second-order valence-electron chi connectivity index (χ2n) is 8.82. The van der Waals surface area contributed by atoms with Crippen LogP contribution in [0.2, 0.25) is 0 Å². The second kappa shape index (κ2) is 9.96. The van der Waals surface area contributed by atoms with E-state index in [0.717, 1.165) is 38.9 Å². The van der Waals surface area contributed by atoms with Gasteiger partial charge in [0.1, 0.15) is 0 Å². The molecule has 0 aliphatic carbocycles. The van der Waals surface area contributed by atoms with Gasteiger partial charge in [-0.25, -0.2) is 0 Å². The molecule has 1 saturated heterocycles. The van der Waals surface area contributed by atoms with Crippen LogP contribution < -0.4 is 5.32 Å². The Morgan fingerprint density at radius 1 is 1.09 bits per heavy atom. The van der Waals surface area contributed by atoms with E-state index in [9.17, 15) is 4.79 Å². The van der Waals surface area contributed by atoms with Crippen LogP contribution in [0.4, 0.5) is 0 Å². The average Bonchev–Trinajstić information content (AvgIpc) is 3.24. The molecule has 1 amide bonds. The van der Waals surface area contributed by atoms with Crippen LogP contribution in [-0.4, -0.2) is 40.2 Å². The zero-order valence-corrected chi connectivity index (χ0v) is 18.8. The van der Waals surface area contributed by atoms with Gasteiger partial charge in [0.15, 0.2) is 0 Å². The lowest BCUT2D eigenvalue weighted by molar-refractivity contribution is -0.133. The van der Waals surface area contributed by atoms with E-state index in [2.05, 4.69) is 76.6 Å². The van der Waals surface area contributed by atoms with E-state index in [1.165, 1.54) is 22.3 Å². The molecule has 1 aromatic heterocycles. The van der Waals surface area contributed by atoms with E-state index in [1.54, 1.807) is 6.08 Å². The van der Waals surface area contributed by atoms with Crippen molar-refractivity contribution in [2.24, 2.45) is 12.5 Å². The van der Waals surface area contributed by atoms with Gasteiger partial charge < -0.3 is 5.32 Å². The monoisotopic (exact) mass is 428 g/mol. The number of benzene rings is 2. The molecule has 1 aliphatic rings. The lowest BCUT2D eigenvalue weighted by Crippen LogP contribution is -2.49. The van der Waals surface area contributed by atoms with Gasteiger partial charge in [0, 0.05) is 31.9 Å².